The van der Waals surface area contributed by atoms with Crippen LogP contribution in [-0.4, -0.2) is 55.4 Å². The number of amides is 1. The molecule has 1 heterocycles. The zero-order chi connectivity index (χ0) is 15.4. The molecule has 1 aliphatic heterocycles. The lowest BCUT2D eigenvalue weighted by molar-refractivity contribution is 0.0599. The Balaban J connectivity index is 2.15. The second-order valence-electron chi connectivity index (χ2n) is 4.72. The lowest BCUT2D eigenvalue weighted by Crippen LogP contribution is -2.48. The summed E-state index contributed by atoms with van der Waals surface area (Å²) in [5, 5.41) is 9.51. The van der Waals surface area contributed by atoms with Gasteiger partial charge < -0.3 is 19.6 Å². The average Bonchev–Trinajstić information content (AvgIpc) is 2.53. The summed E-state index contributed by atoms with van der Waals surface area (Å²) in [7, 11) is 1.36. The summed E-state index contributed by atoms with van der Waals surface area (Å²) >= 11 is 3.38. The fraction of sp³-hybridized carbons (Fsp3) is 0.429. The largest absolute Gasteiger partial charge is 0.465 e. The molecule has 1 aromatic rings. The monoisotopic (exact) mass is 356 g/mol. The standard InChI is InChI=1S/C14H17BrN2O4/c1-21-13(18)12-3-2-11(8-10(12)9-15)16-4-6-17(7-5-16)14(19)20/h2-3,8H,4-7,9H2,1H3,(H,19,20). The summed E-state index contributed by atoms with van der Waals surface area (Å²) in [4.78, 5) is 26.1. The van der Waals surface area contributed by atoms with E-state index in [0.717, 1.165) is 11.3 Å². The first-order valence-electron chi connectivity index (χ1n) is 6.57. The van der Waals surface area contributed by atoms with E-state index < -0.39 is 6.09 Å². The van der Waals surface area contributed by atoms with E-state index in [-0.39, 0.29) is 5.97 Å². The van der Waals surface area contributed by atoms with Crippen LogP contribution in [0, 0.1) is 0 Å². The number of alkyl halides is 1. The quantitative estimate of drug-likeness (QED) is 0.663. The van der Waals surface area contributed by atoms with E-state index in [1.807, 2.05) is 12.1 Å². The van der Waals surface area contributed by atoms with Crippen LogP contribution in [0.2, 0.25) is 0 Å². The first kappa shape index (κ1) is 15.6. The Morgan fingerprint density at radius 2 is 1.95 bits per heavy atom. The van der Waals surface area contributed by atoms with E-state index in [1.54, 1.807) is 6.07 Å². The third-order valence-corrected chi connectivity index (χ3v) is 4.16. The van der Waals surface area contributed by atoms with Crippen molar-refractivity contribution in [2.45, 2.75) is 5.33 Å². The molecule has 0 aromatic heterocycles. The Labute approximate surface area is 131 Å². The first-order chi connectivity index (χ1) is 10.1. The van der Waals surface area contributed by atoms with Gasteiger partial charge in [-0.1, -0.05) is 15.9 Å². The molecule has 2 rings (SSSR count). The van der Waals surface area contributed by atoms with Crippen LogP contribution in [-0.2, 0) is 10.1 Å². The lowest BCUT2D eigenvalue weighted by atomic mass is 10.1. The molecule has 0 atom stereocenters. The number of rotatable bonds is 3. The summed E-state index contributed by atoms with van der Waals surface area (Å²) in [5.41, 5.74) is 2.39. The van der Waals surface area contributed by atoms with E-state index in [1.165, 1.54) is 12.0 Å². The van der Waals surface area contributed by atoms with Crippen LogP contribution in [0.5, 0.6) is 0 Å². The molecule has 1 aliphatic rings. The van der Waals surface area contributed by atoms with Crippen molar-refractivity contribution in [3.8, 4) is 0 Å². The van der Waals surface area contributed by atoms with Crippen molar-refractivity contribution >= 4 is 33.7 Å². The topological polar surface area (TPSA) is 70.1 Å². The molecule has 1 aromatic carbocycles. The average molecular weight is 357 g/mol. The molecule has 0 aliphatic carbocycles. The minimum Gasteiger partial charge on any atom is -0.465 e. The number of ether oxygens (including phenoxy) is 1. The van der Waals surface area contributed by atoms with Crippen molar-refractivity contribution < 1.29 is 19.4 Å². The number of hydrogen-bond donors (Lipinski definition) is 1. The van der Waals surface area contributed by atoms with Crippen molar-refractivity contribution in [2.75, 3.05) is 38.2 Å². The second-order valence-corrected chi connectivity index (χ2v) is 5.28. The maximum Gasteiger partial charge on any atom is 0.407 e. The Morgan fingerprint density at radius 3 is 2.48 bits per heavy atom. The highest BCUT2D eigenvalue weighted by molar-refractivity contribution is 9.08. The smallest absolute Gasteiger partial charge is 0.407 e. The molecule has 6 nitrogen and oxygen atoms in total. The van der Waals surface area contributed by atoms with Crippen molar-refractivity contribution in [2.24, 2.45) is 0 Å². The summed E-state index contributed by atoms with van der Waals surface area (Å²) in [6, 6.07) is 5.56. The summed E-state index contributed by atoms with van der Waals surface area (Å²) < 4.78 is 4.76. The molecule has 0 unspecified atom stereocenters. The highest BCUT2D eigenvalue weighted by atomic mass is 79.9. The van der Waals surface area contributed by atoms with Crippen molar-refractivity contribution in [3.05, 3.63) is 29.3 Å². The van der Waals surface area contributed by atoms with Crippen LogP contribution in [0.25, 0.3) is 0 Å². The van der Waals surface area contributed by atoms with Gasteiger partial charge in [0.15, 0.2) is 0 Å². The normalized spacial score (nSPS) is 15.0. The second kappa shape index (κ2) is 6.80. The minimum absolute atomic E-state index is 0.355. The molecular formula is C14H17BrN2O4. The number of methoxy groups -OCH3 is 1. The van der Waals surface area contributed by atoms with Gasteiger partial charge in [0.25, 0.3) is 0 Å². The number of esters is 1. The SMILES string of the molecule is COC(=O)c1ccc(N2CCN(C(=O)O)CC2)cc1CBr. The van der Waals surface area contributed by atoms with Crippen LogP contribution in [0.4, 0.5) is 10.5 Å². The van der Waals surface area contributed by atoms with Crippen molar-refractivity contribution in [1.29, 1.82) is 0 Å². The molecule has 114 valence electrons. The van der Waals surface area contributed by atoms with Crippen LogP contribution in [0.1, 0.15) is 15.9 Å². The molecule has 0 bridgehead atoms. The Morgan fingerprint density at radius 1 is 1.29 bits per heavy atom. The number of carbonyl (C=O) groups excluding carboxylic acids is 1. The number of hydrogen-bond acceptors (Lipinski definition) is 4. The fourth-order valence-corrected chi connectivity index (χ4v) is 2.82. The van der Waals surface area contributed by atoms with E-state index in [9.17, 15) is 9.59 Å². The molecule has 1 saturated heterocycles. The van der Waals surface area contributed by atoms with Crippen LogP contribution >= 0.6 is 15.9 Å². The van der Waals surface area contributed by atoms with Gasteiger partial charge in [-0.05, 0) is 23.8 Å². The zero-order valence-electron chi connectivity index (χ0n) is 11.7. The van der Waals surface area contributed by atoms with Gasteiger partial charge in [-0.25, -0.2) is 9.59 Å². The number of benzene rings is 1. The van der Waals surface area contributed by atoms with Gasteiger partial charge >= 0.3 is 12.1 Å². The summed E-state index contributed by atoms with van der Waals surface area (Å²) in [6.45, 7) is 2.26. The molecule has 1 amide bonds. The highest BCUT2D eigenvalue weighted by Gasteiger charge is 2.21. The Hall–Kier alpha value is -1.76. The van der Waals surface area contributed by atoms with E-state index in [2.05, 4.69) is 20.8 Å². The molecule has 0 radical (unpaired) electrons. The molecule has 7 heteroatoms. The number of nitrogens with zero attached hydrogens (tertiary/aromatic N) is 2. The number of piperazine rings is 1. The molecule has 1 fully saturated rings. The van der Waals surface area contributed by atoms with Gasteiger partial charge in [0, 0.05) is 37.2 Å². The molecule has 1 N–H and O–H groups in total. The van der Waals surface area contributed by atoms with E-state index in [4.69, 9.17) is 9.84 Å². The number of carboxylic acid groups (broad SMARTS) is 1. The number of halogens is 1. The van der Waals surface area contributed by atoms with Crippen molar-refractivity contribution in [3.63, 3.8) is 0 Å². The van der Waals surface area contributed by atoms with Crippen molar-refractivity contribution in [1.82, 2.24) is 4.90 Å². The first-order valence-corrected chi connectivity index (χ1v) is 7.69. The third kappa shape index (κ3) is 3.47. The van der Waals surface area contributed by atoms with E-state index >= 15 is 0 Å². The maximum atomic E-state index is 11.7. The number of carbonyl (C=O) groups is 2. The lowest BCUT2D eigenvalue weighted by Gasteiger charge is -2.34. The van der Waals surface area contributed by atoms with Gasteiger partial charge in [-0.2, -0.15) is 0 Å². The van der Waals surface area contributed by atoms with Gasteiger partial charge in [0.1, 0.15) is 0 Å². The summed E-state index contributed by atoms with van der Waals surface area (Å²) in [6.07, 6.45) is -0.878. The van der Waals surface area contributed by atoms with E-state index in [0.29, 0.717) is 37.1 Å². The Kier molecular flexibility index (Phi) is 5.06. The minimum atomic E-state index is -0.878. The maximum absolute atomic E-state index is 11.7. The van der Waals surface area contributed by atoms with Gasteiger partial charge in [0.05, 0.1) is 12.7 Å². The fourth-order valence-electron chi connectivity index (χ4n) is 2.35. The van der Waals surface area contributed by atoms with Crippen LogP contribution < -0.4 is 4.90 Å². The molecule has 0 spiro atoms. The zero-order valence-corrected chi connectivity index (χ0v) is 13.3. The molecular weight excluding hydrogens is 340 g/mol. The molecule has 0 saturated carbocycles. The van der Waals surface area contributed by atoms with Gasteiger partial charge in [-0.3, -0.25) is 0 Å². The summed E-state index contributed by atoms with van der Waals surface area (Å²) in [5.74, 6) is -0.355. The molecule has 21 heavy (non-hydrogen) atoms. The van der Waals surface area contributed by atoms with Crippen LogP contribution in [0.15, 0.2) is 18.2 Å². The van der Waals surface area contributed by atoms with Gasteiger partial charge in [-0.15, -0.1) is 0 Å². The number of anilines is 1. The third-order valence-electron chi connectivity index (χ3n) is 3.55. The Bertz CT molecular complexity index is 542. The predicted octanol–water partition coefficient (Wildman–Crippen LogP) is 2.17. The highest BCUT2D eigenvalue weighted by Crippen LogP contribution is 2.23. The van der Waals surface area contributed by atoms with Gasteiger partial charge in [0.2, 0.25) is 0 Å². The van der Waals surface area contributed by atoms with Crippen LogP contribution in [0.3, 0.4) is 0 Å². The predicted molar refractivity (Wildman–Crippen MR) is 82.2 cm³/mol.